The number of rotatable bonds is 13. The van der Waals surface area contributed by atoms with Crippen molar-refractivity contribution in [3.63, 3.8) is 0 Å². The molecule has 3 heteroatoms. The van der Waals surface area contributed by atoms with Gasteiger partial charge in [-0.25, -0.2) is 0 Å². The quantitative estimate of drug-likeness (QED) is 0.483. The lowest BCUT2D eigenvalue weighted by molar-refractivity contribution is 0.422. The first kappa shape index (κ1) is 20.6. The van der Waals surface area contributed by atoms with Gasteiger partial charge in [-0.2, -0.15) is 0 Å². The molecule has 4 N–H and O–H groups in total. The average Bonchev–Trinajstić information content (AvgIpc) is 2.69. The van der Waals surface area contributed by atoms with Gasteiger partial charge in [0.05, 0.1) is 0 Å². The highest BCUT2D eigenvalue weighted by atomic mass is 15.0. The van der Waals surface area contributed by atoms with Gasteiger partial charge in [0.1, 0.15) is 0 Å². The van der Waals surface area contributed by atoms with Crippen molar-refractivity contribution in [2.45, 2.75) is 51.1 Å². The van der Waals surface area contributed by atoms with Gasteiger partial charge in [0.2, 0.25) is 0 Å². The highest BCUT2D eigenvalue weighted by Crippen LogP contribution is 2.06. The molecule has 0 bridgehead atoms. The maximum atomic E-state index is 6.02. The van der Waals surface area contributed by atoms with Crippen LogP contribution in [0.4, 0.5) is 0 Å². The Kier molecular flexibility index (Phi) is 10.0. The fourth-order valence-corrected chi connectivity index (χ4v) is 3.24. The molecule has 0 amide bonds. The van der Waals surface area contributed by atoms with Gasteiger partial charge in [0, 0.05) is 25.2 Å². The van der Waals surface area contributed by atoms with Crippen molar-refractivity contribution in [1.82, 2.24) is 10.6 Å². The zero-order valence-corrected chi connectivity index (χ0v) is 16.2. The molecular weight excluding hydrogens is 318 g/mol. The molecule has 3 nitrogen and oxygen atoms in total. The van der Waals surface area contributed by atoms with Crippen LogP contribution < -0.4 is 16.4 Å². The molecule has 0 aliphatic rings. The minimum absolute atomic E-state index is 0.313. The van der Waals surface area contributed by atoms with Crippen LogP contribution >= 0.6 is 0 Å². The second-order valence-electron chi connectivity index (χ2n) is 7.08. The van der Waals surface area contributed by atoms with E-state index in [-0.39, 0.29) is 0 Å². The predicted molar refractivity (Wildman–Crippen MR) is 112 cm³/mol. The van der Waals surface area contributed by atoms with Crippen LogP contribution in [0.25, 0.3) is 0 Å². The number of nitrogens with two attached hydrogens (primary N) is 1. The molecule has 2 aromatic carbocycles. The standard InChI is InChI=1S/C23H35N3/c1-2-3-10-15-25-23(17-21-13-8-5-9-14-21)19-26-22(18-24)16-20-11-6-4-7-12-20/h4-9,11-14,22-23,25-26H,2-3,10,15-19,24H2,1H3/t22-,23-/m0/s1. The van der Waals surface area contributed by atoms with Crippen LogP contribution in [0.3, 0.4) is 0 Å². The molecular formula is C23H35N3. The van der Waals surface area contributed by atoms with Gasteiger partial charge in [0.15, 0.2) is 0 Å². The lowest BCUT2D eigenvalue weighted by atomic mass is 10.0. The number of unbranched alkanes of at least 4 members (excludes halogenated alkanes) is 2. The Morgan fingerprint density at radius 2 is 1.35 bits per heavy atom. The van der Waals surface area contributed by atoms with E-state index < -0.39 is 0 Å². The SMILES string of the molecule is CCCCCN[C@H](CN[C@H](CN)Cc1ccccc1)Cc1ccccc1. The van der Waals surface area contributed by atoms with Gasteiger partial charge >= 0.3 is 0 Å². The highest BCUT2D eigenvalue weighted by Gasteiger charge is 2.13. The van der Waals surface area contributed by atoms with Crippen LogP contribution in [0.1, 0.15) is 37.3 Å². The maximum absolute atomic E-state index is 6.02. The van der Waals surface area contributed by atoms with Gasteiger partial charge in [-0.1, -0.05) is 80.4 Å². The molecule has 0 fully saturated rings. The number of hydrogen-bond acceptors (Lipinski definition) is 3. The number of nitrogens with one attached hydrogen (secondary N) is 2. The Morgan fingerprint density at radius 1 is 0.769 bits per heavy atom. The Morgan fingerprint density at radius 3 is 1.88 bits per heavy atom. The molecule has 0 unspecified atom stereocenters. The van der Waals surface area contributed by atoms with Crippen molar-refractivity contribution >= 4 is 0 Å². The van der Waals surface area contributed by atoms with Gasteiger partial charge in [-0.3, -0.25) is 0 Å². The molecule has 0 saturated heterocycles. The summed E-state index contributed by atoms with van der Waals surface area (Å²) in [5, 5.41) is 7.43. The van der Waals surface area contributed by atoms with E-state index in [9.17, 15) is 0 Å². The molecule has 0 saturated carbocycles. The fraction of sp³-hybridized carbons (Fsp3) is 0.478. The van der Waals surface area contributed by atoms with E-state index in [0.717, 1.165) is 25.9 Å². The Bertz CT molecular complexity index is 571. The topological polar surface area (TPSA) is 50.1 Å². The summed E-state index contributed by atoms with van der Waals surface area (Å²) in [6.07, 6.45) is 5.81. The van der Waals surface area contributed by atoms with Crippen LogP contribution in [-0.2, 0) is 12.8 Å². The van der Waals surface area contributed by atoms with Crippen molar-refractivity contribution < 1.29 is 0 Å². The van der Waals surface area contributed by atoms with Crippen molar-refractivity contribution in [1.29, 1.82) is 0 Å². The third kappa shape index (κ3) is 8.13. The summed E-state index contributed by atoms with van der Waals surface area (Å²) >= 11 is 0. The van der Waals surface area contributed by atoms with Crippen LogP contribution in [0.2, 0.25) is 0 Å². The maximum Gasteiger partial charge on any atom is 0.0232 e. The van der Waals surface area contributed by atoms with Crippen molar-refractivity contribution in [2.75, 3.05) is 19.6 Å². The zero-order chi connectivity index (χ0) is 18.5. The van der Waals surface area contributed by atoms with E-state index in [1.54, 1.807) is 0 Å². The second kappa shape index (κ2) is 12.6. The summed E-state index contributed by atoms with van der Waals surface area (Å²) in [6.45, 7) is 4.93. The zero-order valence-electron chi connectivity index (χ0n) is 16.2. The summed E-state index contributed by atoms with van der Waals surface area (Å²) in [7, 11) is 0. The monoisotopic (exact) mass is 353 g/mol. The van der Waals surface area contributed by atoms with Crippen molar-refractivity contribution in [2.24, 2.45) is 5.73 Å². The minimum Gasteiger partial charge on any atom is -0.329 e. The van der Waals surface area contributed by atoms with Crippen LogP contribution in [0.15, 0.2) is 60.7 Å². The minimum atomic E-state index is 0.313. The lowest BCUT2D eigenvalue weighted by Crippen LogP contribution is -2.47. The molecule has 0 heterocycles. The van der Waals surface area contributed by atoms with E-state index in [4.69, 9.17) is 5.73 Å². The average molecular weight is 354 g/mol. The third-order valence-corrected chi connectivity index (χ3v) is 4.80. The van der Waals surface area contributed by atoms with Crippen molar-refractivity contribution in [3.8, 4) is 0 Å². The van der Waals surface area contributed by atoms with E-state index in [1.165, 1.54) is 30.4 Å². The van der Waals surface area contributed by atoms with Gasteiger partial charge in [-0.15, -0.1) is 0 Å². The summed E-state index contributed by atoms with van der Waals surface area (Å²) in [4.78, 5) is 0. The van der Waals surface area contributed by atoms with Gasteiger partial charge in [0.25, 0.3) is 0 Å². The first-order valence-electron chi connectivity index (χ1n) is 10.1. The third-order valence-electron chi connectivity index (χ3n) is 4.80. The first-order valence-corrected chi connectivity index (χ1v) is 10.1. The highest BCUT2D eigenvalue weighted by molar-refractivity contribution is 5.17. The molecule has 142 valence electrons. The number of hydrogen-bond donors (Lipinski definition) is 3. The van der Waals surface area contributed by atoms with E-state index in [0.29, 0.717) is 18.6 Å². The van der Waals surface area contributed by atoms with Crippen LogP contribution in [0.5, 0.6) is 0 Å². The molecule has 2 rings (SSSR count). The Balaban J connectivity index is 1.86. The second-order valence-corrected chi connectivity index (χ2v) is 7.08. The normalized spacial score (nSPS) is 13.5. The van der Waals surface area contributed by atoms with E-state index >= 15 is 0 Å². The summed E-state index contributed by atoms with van der Waals surface area (Å²) in [5.74, 6) is 0. The fourth-order valence-electron chi connectivity index (χ4n) is 3.24. The first-order chi connectivity index (χ1) is 12.8. The van der Waals surface area contributed by atoms with Gasteiger partial charge in [-0.05, 0) is 36.9 Å². The molecule has 0 aliphatic carbocycles. The molecule has 2 aromatic rings. The molecule has 0 aliphatic heterocycles. The molecule has 0 aromatic heterocycles. The van der Waals surface area contributed by atoms with Crippen LogP contribution in [0, 0.1) is 0 Å². The van der Waals surface area contributed by atoms with E-state index in [2.05, 4.69) is 78.2 Å². The summed E-state index contributed by atoms with van der Waals surface area (Å²) in [6, 6.07) is 22.1. The molecule has 0 spiro atoms. The van der Waals surface area contributed by atoms with Crippen molar-refractivity contribution in [3.05, 3.63) is 71.8 Å². The Hall–Kier alpha value is -1.68. The largest absolute Gasteiger partial charge is 0.329 e. The van der Waals surface area contributed by atoms with Crippen LogP contribution in [-0.4, -0.2) is 31.7 Å². The Labute approximate surface area is 159 Å². The predicted octanol–water partition coefficient (Wildman–Crippen LogP) is 3.54. The van der Waals surface area contributed by atoms with Gasteiger partial charge < -0.3 is 16.4 Å². The summed E-state index contributed by atoms with van der Waals surface area (Å²) in [5.41, 5.74) is 8.74. The smallest absolute Gasteiger partial charge is 0.0232 e. The molecule has 26 heavy (non-hydrogen) atoms. The number of benzene rings is 2. The lowest BCUT2D eigenvalue weighted by Gasteiger charge is -2.24. The van der Waals surface area contributed by atoms with E-state index in [1.807, 2.05) is 0 Å². The molecule has 2 atom stereocenters. The molecule has 0 radical (unpaired) electrons. The summed E-state index contributed by atoms with van der Waals surface area (Å²) < 4.78 is 0.